The Morgan fingerprint density at radius 2 is 1.85 bits per heavy atom. The summed E-state index contributed by atoms with van der Waals surface area (Å²) in [5.41, 5.74) is 1.09. The van der Waals surface area contributed by atoms with Gasteiger partial charge in [-0.15, -0.1) is 11.3 Å². The van der Waals surface area contributed by atoms with Crippen molar-refractivity contribution >= 4 is 28.8 Å². The molecule has 26 heavy (non-hydrogen) atoms. The van der Waals surface area contributed by atoms with Crippen molar-refractivity contribution in [2.45, 2.75) is 31.5 Å². The van der Waals surface area contributed by atoms with Crippen LogP contribution in [0.15, 0.2) is 42.5 Å². The molecule has 1 aromatic heterocycles. The summed E-state index contributed by atoms with van der Waals surface area (Å²) in [6.07, 6.45) is 2.23. The van der Waals surface area contributed by atoms with Crippen molar-refractivity contribution < 1.29 is 4.79 Å². The average molecular weight is 390 g/mol. The standard InChI is InChI=1S/C20H24ClN3OS/c21-18-9-8-17(26-18)14-23-10-12-24(13-11-23)19(15-4-2-1-3-5-15)20(25)22-16-6-7-16/h1-5,8-9,16,19H,6-7,10-14H2,(H,22,25)/t19-/m0/s1. The van der Waals surface area contributed by atoms with Crippen molar-refractivity contribution in [2.24, 2.45) is 0 Å². The zero-order valence-electron chi connectivity index (χ0n) is 14.7. The Balaban J connectivity index is 1.41. The number of carbonyl (C=O) groups excluding carboxylic acids is 1. The molecule has 1 amide bonds. The van der Waals surface area contributed by atoms with Crippen LogP contribution in [-0.4, -0.2) is 47.9 Å². The van der Waals surface area contributed by atoms with Gasteiger partial charge in [-0.25, -0.2) is 0 Å². The van der Waals surface area contributed by atoms with Crippen LogP contribution in [0.2, 0.25) is 4.34 Å². The number of rotatable bonds is 6. The topological polar surface area (TPSA) is 35.6 Å². The number of nitrogens with zero attached hydrogens (tertiary/aromatic N) is 2. The highest BCUT2D eigenvalue weighted by Crippen LogP contribution is 2.27. The van der Waals surface area contributed by atoms with Crippen LogP contribution >= 0.6 is 22.9 Å². The molecule has 0 radical (unpaired) electrons. The zero-order valence-corrected chi connectivity index (χ0v) is 16.3. The first-order valence-corrected chi connectivity index (χ1v) is 10.4. The number of benzene rings is 1. The summed E-state index contributed by atoms with van der Waals surface area (Å²) in [5.74, 6) is 0.150. The van der Waals surface area contributed by atoms with Gasteiger partial charge >= 0.3 is 0 Å². The Bertz CT molecular complexity index is 739. The maximum atomic E-state index is 12.9. The Morgan fingerprint density at radius 1 is 1.12 bits per heavy atom. The molecule has 4 nitrogen and oxygen atoms in total. The van der Waals surface area contributed by atoms with Gasteiger partial charge in [-0.2, -0.15) is 0 Å². The lowest BCUT2D eigenvalue weighted by Gasteiger charge is -2.38. The third-order valence-electron chi connectivity index (χ3n) is 5.07. The van der Waals surface area contributed by atoms with Crippen molar-refractivity contribution in [2.75, 3.05) is 26.2 Å². The third-order valence-corrected chi connectivity index (χ3v) is 6.28. The highest BCUT2D eigenvalue weighted by atomic mass is 35.5. The van der Waals surface area contributed by atoms with Gasteiger partial charge in [0.15, 0.2) is 0 Å². The summed E-state index contributed by atoms with van der Waals surface area (Å²) in [4.78, 5) is 19.0. The molecule has 1 N–H and O–H groups in total. The predicted molar refractivity (Wildman–Crippen MR) is 107 cm³/mol. The van der Waals surface area contributed by atoms with Gasteiger partial charge in [-0.3, -0.25) is 14.6 Å². The lowest BCUT2D eigenvalue weighted by atomic mass is 10.0. The molecule has 1 saturated carbocycles. The van der Waals surface area contributed by atoms with Crippen LogP contribution in [0.5, 0.6) is 0 Å². The smallest absolute Gasteiger partial charge is 0.242 e. The highest BCUT2D eigenvalue weighted by Gasteiger charge is 2.33. The van der Waals surface area contributed by atoms with Crippen LogP contribution in [0.3, 0.4) is 0 Å². The van der Waals surface area contributed by atoms with Crippen molar-refractivity contribution in [3.8, 4) is 0 Å². The Kier molecular flexibility index (Phi) is 5.60. The summed E-state index contributed by atoms with van der Waals surface area (Å²) < 4.78 is 0.847. The summed E-state index contributed by atoms with van der Waals surface area (Å²) in [5, 5.41) is 3.20. The molecule has 0 bridgehead atoms. The van der Waals surface area contributed by atoms with Gasteiger partial charge in [0.05, 0.1) is 4.34 Å². The minimum absolute atomic E-state index is 0.150. The molecule has 1 aromatic carbocycles. The van der Waals surface area contributed by atoms with E-state index in [0.717, 1.165) is 55.5 Å². The number of amides is 1. The fourth-order valence-corrected chi connectivity index (χ4v) is 4.64. The van der Waals surface area contributed by atoms with E-state index < -0.39 is 0 Å². The van der Waals surface area contributed by atoms with Gasteiger partial charge in [-0.05, 0) is 30.5 Å². The summed E-state index contributed by atoms with van der Waals surface area (Å²) in [6.45, 7) is 4.67. The van der Waals surface area contributed by atoms with E-state index in [9.17, 15) is 4.79 Å². The number of piperazine rings is 1. The maximum Gasteiger partial charge on any atom is 0.242 e. The van der Waals surface area contributed by atoms with E-state index >= 15 is 0 Å². The number of thiophene rings is 1. The molecule has 138 valence electrons. The van der Waals surface area contributed by atoms with Gasteiger partial charge in [0.1, 0.15) is 6.04 Å². The lowest BCUT2D eigenvalue weighted by molar-refractivity contribution is -0.127. The molecule has 0 spiro atoms. The van der Waals surface area contributed by atoms with E-state index in [-0.39, 0.29) is 11.9 Å². The lowest BCUT2D eigenvalue weighted by Crippen LogP contribution is -2.50. The molecule has 1 aliphatic carbocycles. The Labute approximate surface area is 163 Å². The zero-order chi connectivity index (χ0) is 17.9. The second-order valence-corrected chi connectivity index (χ2v) is 8.91. The molecule has 2 fully saturated rings. The van der Waals surface area contributed by atoms with Crippen LogP contribution in [0.25, 0.3) is 0 Å². The first kappa shape index (κ1) is 18.0. The molecule has 6 heteroatoms. The fraction of sp³-hybridized carbons (Fsp3) is 0.450. The molecule has 1 saturated heterocycles. The first-order valence-electron chi connectivity index (χ1n) is 9.25. The van der Waals surface area contributed by atoms with Gasteiger partial charge < -0.3 is 5.32 Å². The number of halogens is 1. The fourth-order valence-electron chi connectivity index (χ4n) is 3.51. The van der Waals surface area contributed by atoms with E-state index in [4.69, 9.17) is 11.6 Å². The van der Waals surface area contributed by atoms with Crippen LogP contribution in [0, 0.1) is 0 Å². The summed E-state index contributed by atoms with van der Waals surface area (Å²) in [7, 11) is 0. The van der Waals surface area contributed by atoms with Gasteiger partial charge in [0.25, 0.3) is 0 Å². The SMILES string of the molecule is O=C(NC1CC1)[C@H](c1ccccc1)N1CCN(Cc2ccc(Cl)s2)CC1. The van der Waals surface area contributed by atoms with Crippen LogP contribution in [0.4, 0.5) is 0 Å². The average Bonchev–Trinajstić information content (AvgIpc) is 3.37. The highest BCUT2D eigenvalue weighted by molar-refractivity contribution is 7.16. The molecule has 2 heterocycles. The first-order chi connectivity index (χ1) is 12.7. The molecule has 0 unspecified atom stereocenters. The molecule has 4 rings (SSSR count). The van der Waals surface area contributed by atoms with E-state index in [2.05, 4.69) is 33.3 Å². The van der Waals surface area contributed by atoms with Crippen molar-refractivity contribution in [3.63, 3.8) is 0 Å². The summed E-state index contributed by atoms with van der Waals surface area (Å²) in [6, 6.07) is 14.4. The summed E-state index contributed by atoms with van der Waals surface area (Å²) >= 11 is 7.69. The molecular formula is C20H24ClN3OS. The van der Waals surface area contributed by atoms with Crippen LogP contribution in [-0.2, 0) is 11.3 Å². The second-order valence-electron chi connectivity index (χ2n) is 7.11. The Morgan fingerprint density at radius 3 is 2.46 bits per heavy atom. The van der Waals surface area contributed by atoms with E-state index in [1.54, 1.807) is 11.3 Å². The number of hydrogen-bond acceptors (Lipinski definition) is 4. The number of hydrogen-bond donors (Lipinski definition) is 1. The number of carbonyl (C=O) groups is 1. The molecular weight excluding hydrogens is 366 g/mol. The molecule has 2 aromatic rings. The minimum Gasteiger partial charge on any atom is -0.352 e. The minimum atomic E-state index is -0.185. The number of nitrogens with one attached hydrogen (secondary N) is 1. The van der Waals surface area contributed by atoms with Gasteiger partial charge in [-0.1, -0.05) is 41.9 Å². The van der Waals surface area contributed by atoms with Crippen LogP contribution in [0.1, 0.15) is 29.3 Å². The van der Waals surface area contributed by atoms with Crippen LogP contribution < -0.4 is 5.32 Å². The quantitative estimate of drug-likeness (QED) is 0.820. The Hall–Kier alpha value is -1.40. The van der Waals surface area contributed by atoms with Crippen molar-refractivity contribution in [1.82, 2.24) is 15.1 Å². The van der Waals surface area contributed by atoms with E-state index in [1.807, 2.05) is 24.3 Å². The van der Waals surface area contributed by atoms with Crippen molar-refractivity contribution in [1.29, 1.82) is 0 Å². The molecule has 1 aliphatic heterocycles. The monoisotopic (exact) mass is 389 g/mol. The molecule has 1 atom stereocenters. The molecule has 2 aliphatic rings. The largest absolute Gasteiger partial charge is 0.352 e. The predicted octanol–water partition coefficient (Wildman–Crippen LogP) is 3.54. The maximum absolute atomic E-state index is 12.9. The van der Waals surface area contributed by atoms with E-state index in [1.165, 1.54) is 4.88 Å². The van der Waals surface area contributed by atoms with Gasteiger partial charge in [0.2, 0.25) is 5.91 Å². The van der Waals surface area contributed by atoms with Crippen molar-refractivity contribution in [3.05, 3.63) is 57.2 Å². The third kappa shape index (κ3) is 4.46. The normalized spacial score (nSPS) is 20.0. The van der Waals surface area contributed by atoms with E-state index in [0.29, 0.717) is 6.04 Å². The second kappa shape index (κ2) is 8.09. The van der Waals surface area contributed by atoms with Gasteiger partial charge in [0, 0.05) is 43.6 Å².